The molecule has 9 nitrogen and oxygen atoms in total. The van der Waals surface area contributed by atoms with E-state index in [1.807, 2.05) is 43.3 Å². The molecule has 3 aromatic carbocycles. The van der Waals surface area contributed by atoms with Gasteiger partial charge in [0.25, 0.3) is 11.8 Å². The zero-order valence-electron chi connectivity index (χ0n) is 25.0. The van der Waals surface area contributed by atoms with Crippen molar-refractivity contribution in [3.63, 3.8) is 0 Å². The highest BCUT2D eigenvalue weighted by atomic mass is 32.2. The van der Waals surface area contributed by atoms with Gasteiger partial charge in [-0.25, -0.2) is 4.68 Å². The van der Waals surface area contributed by atoms with Gasteiger partial charge in [0, 0.05) is 48.1 Å². The van der Waals surface area contributed by atoms with Crippen LogP contribution in [-0.2, 0) is 10.5 Å². The van der Waals surface area contributed by atoms with E-state index in [-0.39, 0.29) is 18.2 Å². The Morgan fingerprint density at radius 3 is 2.43 bits per heavy atom. The van der Waals surface area contributed by atoms with Crippen LogP contribution in [0, 0.1) is 13.8 Å². The number of nitrogens with one attached hydrogen (secondary N) is 2. The maximum Gasteiger partial charge on any atom is 0.304 e. The third kappa shape index (κ3) is 7.87. The molecule has 0 radical (unpaired) electrons. The Bertz CT molecular complexity index is 1660. The predicted molar refractivity (Wildman–Crippen MR) is 176 cm³/mol. The first kappa shape index (κ1) is 30.9. The largest absolute Gasteiger partial charge is 0.481 e. The topological polar surface area (TPSA) is 117 Å². The van der Waals surface area contributed by atoms with E-state index in [2.05, 4.69) is 27.6 Å². The number of carbonyl (C=O) groups excluding carboxylic acids is 2. The molecular formula is C34H37N5O4S. The Kier molecular flexibility index (Phi) is 10.0. The van der Waals surface area contributed by atoms with Gasteiger partial charge >= 0.3 is 5.97 Å². The van der Waals surface area contributed by atoms with Crippen LogP contribution in [0.5, 0.6) is 0 Å². The molecular weight excluding hydrogens is 574 g/mol. The van der Waals surface area contributed by atoms with Crippen LogP contribution in [-0.4, -0.2) is 51.5 Å². The third-order valence-electron chi connectivity index (χ3n) is 7.72. The van der Waals surface area contributed by atoms with Crippen LogP contribution in [0.4, 0.5) is 17.2 Å². The molecule has 1 aliphatic heterocycles. The number of aromatic nitrogens is 2. The second kappa shape index (κ2) is 14.3. The number of anilines is 3. The fourth-order valence-electron chi connectivity index (χ4n) is 5.11. The van der Waals surface area contributed by atoms with Gasteiger partial charge < -0.3 is 20.6 Å². The lowest BCUT2D eigenvalue weighted by Crippen LogP contribution is -2.29. The van der Waals surface area contributed by atoms with Crippen molar-refractivity contribution < 1.29 is 19.5 Å². The van der Waals surface area contributed by atoms with Crippen molar-refractivity contribution in [3.8, 4) is 5.69 Å². The number of rotatable bonds is 11. The SMILES string of the molecule is Cc1ccc(-n2ccc(NC(=O)c3cc(N4CCCCC4)ccc3NC(=O)c3cccc(CSCCC(=O)O)c3)n2)cc1C. The number of amides is 2. The number of piperidine rings is 1. The second-order valence-corrected chi connectivity index (χ2v) is 12.1. The van der Waals surface area contributed by atoms with E-state index in [1.165, 1.54) is 23.7 Å². The van der Waals surface area contributed by atoms with Gasteiger partial charge in [-0.15, -0.1) is 0 Å². The molecule has 2 heterocycles. The summed E-state index contributed by atoms with van der Waals surface area (Å²) < 4.78 is 1.72. The Morgan fingerprint density at radius 2 is 1.66 bits per heavy atom. The van der Waals surface area contributed by atoms with E-state index in [0.717, 1.165) is 48.4 Å². The minimum atomic E-state index is -0.827. The molecule has 0 saturated carbocycles. The highest BCUT2D eigenvalue weighted by Gasteiger charge is 2.20. The third-order valence-corrected chi connectivity index (χ3v) is 8.75. The molecule has 0 atom stereocenters. The van der Waals surface area contributed by atoms with Gasteiger partial charge in [0.1, 0.15) is 0 Å². The van der Waals surface area contributed by atoms with Crippen LogP contribution in [0.15, 0.2) is 72.9 Å². The number of carbonyl (C=O) groups is 3. The molecule has 0 unspecified atom stereocenters. The highest BCUT2D eigenvalue weighted by molar-refractivity contribution is 7.98. The molecule has 1 aromatic heterocycles. The van der Waals surface area contributed by atoms with Gasteiger partial charge in [-0.05, 0) is 92.3 Å². The van der Waals surface area contributed by atoms with Crippen LogP contribution in [0.25, 0.3) is 5.69 Å². The summed E-state index contributed by atoms with van der Waals surface area (Å²) in [6, 6.07) is 20.6. The molecule has 4 aromatic rings. The first-order valence-corrected chi connectivity index (χ1v) is 16.0. The monoisotopic (exact) mass is 611 g/mol. The average Bonchev–Trinajstić information content (AvgIpc) is 3.49. The summed E-state index contributed by atoms with van der Waals surface area (Å²) in [4.78, 5) is 40.1. The number of thioether (sulfide) groups is 1. The summed E-state index contributed by atoms with van der Waals surface area (Å²) >= 11 is 1.51. The zero-order chi connectivity index (χ0) is 31.1. The number of hydrogen-bond acceptors (Lipinski definition) is 6. The minimum Gasteiger partial charge on any atom is -0.481 e. The zero-order valence-corrected chi connectivity index (χ0v) is 25.8. The molecule has 0 aliphatic carbocycles. The number of benzene rings is 3. The van der Waals surface area contributed by atoms with Gasteiger partial charge in [-0.2, -0.15) is 16.9 Å². The Balaban J connectivity index is 1.35. The molecule has 5 rings (SSSR count). The second-order valence-electron chi connectivity index (χ2n) is 11.0. The fourth-order valence-corrected chi connectivity index (χ4v) is 5.99. The lowest BCUT2D eigenvalue weighted by atomic mass is 10.1. The molecule has 10 heteroatoms. The summed E-state index contributed by atoms with van der Waals surface area (Å²) in [5.41, 5.74) is 6.32. The molecule has 1 fully saturated rings. The lowest BCUT2D eigenvalue weighted by Gasteiger charge is -2.29. The number of aryl methyl sites for hydroxylation is 2. The van der Waals surface area contributed by atoms with Crippen molar-refractivity contribution in [1.82, 2.24) is 9.78 Å². The number of carboxylic acids is 1. The van der Waals surface area contributed by atoms with Crippen LogP contribution in [0.1, 0.15) is 63.1 Å². The van der Waals surface area contributed by atoms with Gasteiger partial charge in [0.15, 0.2) is 5.82 Å². The standard InChI is InChI=1S/C34H37N5O4S/c1-23-9-10-28(19-24(23)2)39-17-13-31(37-39)36-34(43)29-21-27(38-15-4-3-5-16-38)11-12-30(29)35-33(42)26-8-6-7-25(20-26)22-44-18-14-32(40)41/h6-13,17,19-21H,3-5,14-16,18,22H2,1-2H3,(H,35,42)(H,40,41)(H,36,37,43). The van der Waals surface area contributed by atoms with Crippen molar-refractivity contribution in [2.24, 2.45) is 0 Å². The van der Waals surface area contributed by atoms with Crippen molar-refractivity contribution in [2.45, 2.75) is 45.3 Å². The van der Waals surface area contributed by atoms with Crippen LogP contribution in [0.2, 0.25) is 0 Å². The maximum absolute atomic E-state index is 13.7. The van der Waals surface area contributed by atoms with E-state index in [1.54, 1.807) is 41.2 Å². The molecule has 44 heavy (non-hydrogen) atoms. The molecule has 1 aliphatic rings. The summed E-state index contributed by atoms with van der Waals surface area (Å²) in [5, 5.41) is 19.3. The molecule has 2 amide bonds. The summed E-state index contributed by atoms with van der Waals surface area (Å²) in [6.45, 7) is 5.95. The number of aliphatic carboxylic acids is 1. The van der Waals surface area contributed by atoms with Crippen molar-refractivity contribution >= 4 is 46.7 Å². The van der Waals surface area contributed by atoms with Gasteiger partial charge in [-0.3, -0.25) is 14.4 Å². The fraction of sp³-hybridized carbons (Fsp3) is 0.294. The normalized spacial score (nSPS) is 13.0. The van der Waals surface area contributed by atoms with Crippen molar-refractivity contribution in [2.75, 3.05) is 34.4 Å². The van der Waals surface area contributed by atoms with Gasteiger partial charge in [-0.1, -0.05) is 18.2 Å². The van der Waals surface area contributed by atoms with Gasteiger partial charge in [0.05, 0.1) is 23.4 Å². The van der Waals surface area contributed by atoms with Crippen molar-refractivity contribution in [1.29, 1.82) is 0 Å². The Hall–Kier alpha value is -4.57. The van der Waals surface area contributed by atoms with Crippen molar-refractivity contribution in [3.05, 3.63) is 101 Å². The highest BCUT2D eigenvalue weighted by Crippen LogP contribution is 2.28. The predicted octanol–water partition coefficient (Wildman–Crippen LogP) is 6.69. The lowest BCUT2D eigenvalue weighted by molar-refractivity contribution is -0.136. The molecule has 1 saturated heterocycles. The summed E-state index contributed by atoms with van der Waals surface area (Å²) in [5.74, 6) is -0.0274. The average molecular weight is 612 g/mol. The molecule has 0 bridgehead atoms. The Morgan fingerprint density at radius 1 is 0.864 bits per heavy atom. The molecule has 0 spiro atoms. The van der Waals surface area contributed by atoms with E-state index < -0.39 is 5.97 Å². The number of nitrogens with zero attached hydrogens (tertiary/aromatic N) is 3. The molecule has 228 valence electrons. The molecule has 3 N–H and O–H groups in total. The van der Waals surface area contributed by atoms with E-state index in [0.29, 0.717) is 34.1 Å². The van der Waals surface area contributed by atoms with Crippen LogP contribution < -0.4 is 15.5 Å². The number of hydrogen-bond donors (Lipinski definition) is 3. The minimum absolute atomic E-state index is 0.0922. The quantitative estimate of drug-likeness (QED) is 0.162. The smallest absolute Gasteiger partial charge is 0.304 e. The van der Waals surface area contributed by atoms with Crippen LogP contribution in [0.3, 0.4) is 0 Å². The van der Waals surface area contributed by atoms with E-state index in [9.17, 15) is 14.4 Å². The Labute approximate surface area is 261 Å². The van der Waals surface area contributed by atoms with E-state index >= 15 is 0 Å². The van der Waals surface area contributed by atoms with Crippen LogP contribution >= 0.6 is 11.8 Å². The number of carboxylic acid groups (broad SMARTS) is 1. The van der Waals surface area contributed by atoms with E-state index in [4.69, 9.17) is 5.11 Å². The summed E-state index contributed by atoms with van der Waals surface area (Å²) in [7, 11) is 0. The summed E-state index contributed by atoms with van der Waals surface area (Å²) in [6.07, 6.45) is 5.29. The first-order chi connectivity index (χ1) is 21.3. The van der Waals surface area contributed by atoms with Gasteiger partial charge in [0.2, 0.25) is 0 Å². The first-order valence-electron chi connectivity index (χ1n) is 14.8. The maximum atomic E-state index is 13.7.